The second-order valence-electron chi connectivity index (χ2n) is 5.79. The van der Waals surface area contributed by atoms with Crippen LogP contribution in [0.15, 0.2) is 24.3 Å². The van der Waals surface area contributed by atoms with E-state index in [1.54, 1.807) is 0 Å². The van der Waals surface area contributed by atoms with E-state index < -0.39 is 0 Å². The molecule has 1 fully saturated rings. The molecule has 0 N–H and O–H groups in total. The maximum Gasteiger partial charge on any atom is 0.306 e. The summed E-state index contributed by atoms with van der Waals surface area (Å²) in [6, 6.07) is 8.96. The third kappa shape index (κ3) is 5.31. The molecule has 1 heterocycles. The molecular formula is C19H29NO2S. The third-order valence-corrected chi connectivity index (χ3v) is 4.72. The largest absolute Gasteiger partial charge is 0.469 e. The first-order valence-corrected chi connectivity index (χ1v) is 8.87. The number of rotatable bonds is 4. The Labute approximate surface area is 146 Å². The van der Waals surface area contributed by atoms with E-state index in [0.717, 1.165) is 24.4 Å². The van der Waals surface area contributed by atoms with Gasteiger partial charge in [-0.25, -0.2) is 0 Å². The lowest BCUT2D eigenvalue weighted by atomic mass is 10.0. The number of hydrogen-bond donors (Lipinski definition) is 0. The standard InChI is InChI=1S/C17H23NO2S.C2H6/c1-12-6-4-7-14(10-12)15-8-5-9-18(15)17(21)13(2)11-16(19)20-3;1-2/h4,6-7,10,13,15H,5,8-9,11H2,1-3H3;1-2H3/t13-,15?;/m1./s1. The second kappa shape index (κ2) is 9.66. The Morgan fingerprint density at radius 3 is 2.74 bits per heavy atom. The molecule has 23 heavy (non-hydrogen) atoms. The fourth-order valence-corrected chi connectivity index (χ4v) is 3.26. The molecule has 1 aromatic rings. The summed E-state index contributed by atoms with van der Waals surface area (Å²) < 4.78 is 4.74. The monoisotopic (exact) mass is 335 g/mol. The number of aryl methyl sites for hydroxylation is 1. The maximum absolute atomic E-state index is 11.4. The van der Waals surface area contributed by atoms with Crippen LogP contribution >= 0.6 is 12.2 Å². The number of benzene rings is 1. The Bertz CT molecular complexity index is 530. The van der Waals surface area contributed by atoms with Gasteiger partial charge in [0.1, 0.15) is 0 Å². The number of esters is 1. The van der Waals surface area contributed by atoms with Gasteiger partial charge in [-0.3, -0.25) is 4.79 Å². The summed E-state index contributed by atoms with van der Waals surface area (Å²) in [5.74, 6) is -0.158. The van der Waals surface area contributed by atoms with E-state index in [4.69, 9.17) is 17.0 Å². The van der Waals surface area contributed by atoms with Gasteiger partial charge in [0.05, 0.1) is 24.6 Å². The highest BCUT2D eigenvalue weighted by atomic mass is 32.1. The van der Waals surface area contributed by atoms with Gasteiger partial charge in [0.15, 0.2) is 0 Å². The number of carbonyl (C=O) groups excluding carboxylic acids is 1. The Morgan fingerprint density at radius 1 is 1.43 bits per heavy atom. The van der Waals surface area contributed by atoms with Crippen molar-refractivity contribution in [2.75, 3.05) is 13.7 Å². The third-order valence-electron chi connectivity index (χ3n) is 4.08. The van der Waals surface area contributed by atoms with Crippen molar-refractivity contribution in [3.8, 4) is 0 Å². The van der Waals surface area contributed by atoms with Gasteiger partial charge in [-0.2, -0.15) is 0 Å². The quantitative estimate of drug-likeness (QED) is 0.590. The molecular weight excluding hydrogens is 306 g/mol. The minimum Gasteiger partial charge on any atom is -0.469 e. The minimum absolute atomic E-state index is 0.0397. The van der Waals surface area contributed by atoms with Crippen molar-refractivity contribution in [2.45, 2.75) is 53.0 Å². The fourth-order valence-electron chi connectivity index (χ4n) is 2.96. The molecule has 0 radical (unpaired) electrons. The molecule has 1 aromatic carbocycles. The lowest BCUT2D eigenvalue weighted by Gasteiger charge is -2.30. The number of carbonyl (C=O) groups is 1. The summed E-state index contributed by atoms with van der Waals surface area (Å²) in [7, 11) is 1.42. The highest BCUT2D eigenvalue weighted by Crippen LogP contribution is 2.34. The first kappa shape index (κ1) is 19.6. The molecule has 1 saturated heterocycles. The zero-order valence-electron chi connectivity index (χ0n) is 15.0. The first-order valence-electron chi connectivity index (χ1n) is 8.46. The molecule has 1 aliphatic heterocycles. The zero-order chi connectivity index (χ0) is 17.4. The lowest BCUT2D eigenvalue weighted by Crippen LogP contribution is -2.34. The number of likely N-dealkylation sites (tertiary alicyclic amines) is 1. The number of ether oxygens (including phenoxy) is 1. The van der Waals surface area contributed by atoms with Crippen molar-refractivity contribution < 1.29 is 9.53 Å². The van der Waals surface area contributed by atoms with Crippen molar-refractivity contribution >= 4 is 23.2 Å². The van der Waals surface area contributed by atoms with Crippen LogP contribution < -0.4 is 0 Å². The summed E-state index contributed by atoms with van der Waals surface area (Å²) in [5.41, 5.74) is 2.59. The van der Waals surface area contributed by atoms with Gasteiger partial charge in [0.2, 0.25) is 0 Å². The van der Waals surface area contributed by atoms with E-state index >= 15 is 0 Å². The predicted molar refractivity (Wildman–Crippen MR) is 99.6 cm³/mol. The van der Waals surface area contributed by atoms with Crippen LogP contribution in [0.4, 0.5) is 0 Å². The van der Waals surface area contributed by atoms with Gasteiger partial charge in [0, 0.05) is 12.5 Å². The van der Waals surface area contributed by atoms with Gasteiger partial charge < -0.3 is 9.64 Å². The molecule has 0 saturated carbocycles. The topological polar surface area (TPSA) is 29.5 Å². The van der Waals surface area contributed by atoms with Crippen LogP contribution in [0.5, 0.6) is 0 Å². The molecule has 2 rings (SSSR count). The normalized spacial score (nSPS) is 18.0. The maximum atomic E-state index is 11.4. The van der Waals surface area contributed by atoms with E-state index in [2.05, 4.69) is 36.1 Å². The fraction of sp³-hybridized carbons (Fsp3) is 0.579. The number of thiocarbonyl (C=S) groups is 1. The van der Waals surface area contributed by atoms with Crippen molar-refractivity contribution in [3.05, 3.63) is 35.4 Å². The average molecular weight is 336 g/mol. The van der Waals surface area contributed by atoms with E-state index in [1.807, 2.05) is 20.8 Å². The minimum atomic E-state index is -0.198. The van der Waals surface area contributed by atoms with E-state index in [-0.39, 0.29) is 11.9 Å². The smallest absolute Gasteiger partial charge is 0.306 e. The van der Waals surface area contributed by atoms with Gasteiger partial charge in [-0.1, -0.05) is 62.8 Å². The van der Waals surface area contributed by atoms with Crippen LogP contribution in [0.1, 0.15) is 57.2 Å². The summed E-state index contributed by atoms with van der Waals surface area (Å²) in [5, 5.41) is 0. The van der Waals surface area contributed by atoms with E-state index in [0.29, 0.717) is 12.5 Å². The van der Waals surface area contributed by atoms with Gasteiger partial charge in [-0.15, -0.1) is 0 Å². The van der Waals surface area contributed by atoms with Crippen LogP contribution in [0.3, 0.4) is 0 Å². The molecule has 1 aliphatic rings. The highest BCUT2D eigenvalue weighted by molar-refractivity contribution is 7.80. The Hall–Kier alpha value is -1.42. The van der Waals surface area contributed by atoms with Crippen molar-refractivity contribution in [3.63, 3.8) is 0 Å². The number of nitrogens with zero attached hydrogens (tertiary/aromatic N) is 1. The lowest BCUT2D eigenvalue weighted by molar-refractivity contribution is -0.141. The van der Waals surface area contributed by atoms with E-state index in [9.17, 15) is 4.79 Å². The first-order chi connectivity index (χ1) is 11.0. The van der Waals surface area contributed by atoms with Crippen LogP contribution in [0, 0.1) is 12.8 Å². The van der Waals surface area contributed by atoms with Crippen LogP contribution in [0.2, 0.25) is 0 Å². The molecule has 1 unspecified atom stereocenters. The molecule has 2 atom stereocenters. The zero-order valence-corrected chi connectivity index (χ0v) is 15.8. The Balaban J connectivity index is 0.00000127. The van der Waals surface area contributed by atoms with Crippen molar-refractivity contribution in [1.29, 1.82) is 0 Å². The SMILES string of the molecule is CC.COC(=O)C[C@@H](C)C(=S)N1CCCC1c1cccc(C)c1. The number of methoxy groups -OCH3 is 1. The van der Waals surface area contributed by atoms with Crippen LogP contribution in [0.25, 0.3) is 0 Å². The van der Waals surface area contributed by atoms with E-state index in [1.165, 1.54) is 18.2 Å². The molecule has 0 spiro atoms. The van der Waals surface area contributed by atoms with Crippen molar-refractivity contribution in [1.82, 2.24) is 4.90 Å². The molecule has 0 aromatic heterocycles. The number of hydrogen-bond acceptors (Lipinski definition) is 3. The van der Waals surface area contributed by atoms with Crippen LogP contribution in [-0.4, -0.2) is 29.5 Å². The highest BCUT2D eigenvalue weighted by Gasteiger charge is 2.30. The summed E-state index contributed by atoms with van der Waals surface area (Å²) in [6.45, 7) is 9.09. The van der Waals surface area contributed by atoms with Gasteiger partial charge in [0.25, 0.3) is 0 Å². The summed E-state index contributed by atoms with van der Waals surface area (Å²) in [4.78, 5) is 14.6. The molecule has 4 heteroatoms. The van der Waals surface area contributed by atoms with Crippen molar-refractivity contribution in [2.24, 2.45) is 5.92 Å². The van der Waals surface area contributed by atoms with Gasteiger partial charge in [-0.05, 0) is 25.3 Å². The Kier molecular flexibility index (Phi) is 8.24. The predicted octanol–water partition coefficient (Wildman–Crippen LogP) is 4.68. The molecule has 128 valence electrons. The average Bonchev–Trinajstić information content (AvgIpc) is 3.05. The molecule has 0 amide bonds. The summed E-state index contributed by atoms with van der Waals surface area (Å²) >= 11 is 5.63. The molecule has 0 bridgehead atoms. The Morgan fingerprint density at radius 2 is 2.13 bits per heavy atom. The molecule has 0 aliphatic carbocycles. The van der Waals surface area contributed by atoms with Gasteiger partial charge >= 0.3 is 5.97 Å². The second-order valence-corrected chi connectivity index (χ2v) is 6.20. The summed E-state index contributed by atoms with van der Waals surface area (Å²) in [6.07, 6.45) is 2.62. The van der Waals surface area contributed by atoms with Crippen LogP contribution in [-0.2, 0) is 9.53 Å². The molecule has 3 nitrogen and oxygen atoms in total.